The van der Waals surface area contributed by atoms with Crippen LogP contribution in [0.2, 0.25) is 5.02 Å². The fraction of sp³-hybridized carbons (Fsp3) is 0.154. The number of benzene rings is 3. The summed E-state index contributed by atoms with van der Waals surface area (Å²) in [5, 5.41) is 14.0. The Kier molecular flexibility index (Phi) is 8.99. The lowest BCUT2D eigenvalue weighted by atomic mass is 10.2. The van der Waals surface area contributed by atoms with E-state index in [1.165, 1.54) is 50.6 Å². The van der Waals surface area contributed by atoms with Crippen LogP contribution in [0.5, 0.6) is 11.5 Å². The third kappa shape index (κ3) is 6.65. The largest absolute Gasteiger partial charge is 0.497 e. The number of thioether (sulfide) groups is 1. The Labute approximate surface area is 231 Å². The van der Waals surface area contributed by atoms with Crippen LogP contribution in [-0.2, 0) is 11.3 Å². The van der Waals surface area contributed by atoms with Gasteiger partial charge in [-0.15, -0.1) is 10.2 Å². The van der Waals surface area contributed by atoms with Gasteiger partial charge in [0.2, 0.25) is 5.91 Å². The van der Waals surface area contributed by atoms with Crippen molar-refractivity contribution in [1.29, 1.82) is 0 Å². The Balaban J connectivity index is 1.61. The Morgan fingerprint density at radius 2 is 1.79 bits per heavy atom. The van der Waals surface area contributed by atoms with E-state index in [0.29, 0.717) is 28.0 Å². The summed E-state index contributed by atoms with van der Waals surface area (Å²) in [5.41, 5.74) is 0.626. The third-order valence-electron chi connectivity index (χ3n) is 5.38. The van der Waals surface area contributed by atoms with Crippen molar-refractivity contribution in [2.24, 2.45) is 0 Å². The van der Waals surface area contributed by atoms with Crippen LogP contribution in [0, 0.1) is 11.6 Å². The zero-order valence-electron chi connectivity index (χ0n) is 20.7. The van der Waals surface area contributed by atoms with E-state index in [0.717, 1.165) is 17.8 Å². The minimum Gasteiger partial charge on any atom is -0.497 e. The molecular weight excluding hydrogens is 552 g/mol. The number of carbonyl (C=O) groups excluding carboxylic acids is 2. The van der Waals surface area contributed by atoms with E-state index >= 15 is 0 Å². The van der Waals surface area contributed by atoms with E-state index in [1.807, 2.05) is 0 Å². The van der Waals surface area contributed by atoms with Gasteiger partial charge in [0.1, 0.15) is 23.1 Å². The molecule has 2 amide bonds. The van der Waals surface area contributed by atoms with Crippen molar-refractivity contribution in [2.75, 3.05) is 25.3 Å². The summed E-state index contributed by atoms with van der Waals surface area (Å²) >= 11 is 7.10. The van der Waals surface area contributed by atoms with Crippen LogP contribution >= 0.6 is 23.4 Å². The van der Waals surface area contributed by atoms with Crippen LogP contribution in [0.25, 0.3) is 5.69 Å². The Morgan fingerprint density at radius 3 is 2.49 bits per heavy atom. The molecule has 9 nitrogen and oxygen atoms in total. The smallest absolute Gasteiger partial charge is 0.256 e. The van der Waals surface area contributed by atoms with Gasteiger partial charge in [0.15, 0.2) is 11.0 Å². The molecule has 0 aliphatic rings. The van der Waals surface area contributed by atoms with Crippen molar-refractivity contribution in [1.82, 2.24) is 20.1 Å². The molecule has 1 heterocycles. The van der Waals surface area contributed by atoms with Crippen LogP contribution in [0.15, 0.2) is 65.8 Å². The first-order valence-electron chi connectivity index (χ1n) is 11.4. The second-order valence-electron chi connectivity index (χ2n) is 7.90. The van der Waals surface area contributed by atoms with Crippen molar-refractivity contribution >= 4 is 40.9 Å². The molecule has 2 N–H and O–H groups in total. The first kappa shape index (κ1) is 27.9. The number of methoxy groups -OCH3 is 2. The highest BCUT2D eigenvalue weighted by molar-refractivity contribution is 7.99. The average molecular weight is 574 g/mol. The predicted octanol–water partition coefficient (Wildman–Crippen LogP) is 4.88. The summed E-state index contributed by atoms with van der Waals surface area (Å²) < 4.78 is 39.9. The lowest BCUT2D eigenvalue weighted by molar-refractivity contribution is -0.113. The fourth-order valence-corrected chi connectivity index (χ4v) is 4.56. The second-order valence-corrected chi connectivity index (χ2v) is 9.24. The van der Waals surface area contributed by atoms with Crippen molar-refractivity contribution in [3.63, 3.8) is 0 Å². The van der Waals surface area contributed by atoms with Gasteiger partial charge in [0.05, 0.1) is 42.8 Å². The lowest BCUT2D eigenvalue weighted by Crippen LogP contribution is -2.26. The monoisotopic (exact) mass is 573 g/mol. The number of hydrogen-bond acceptors (Lipinski definition) is 7. The maximum Gasteiger partial charge on any atom is 0.256 e. The van der Waals surface area contributed by atoms with Gasteiger partial charge in [0.25, 0.3) is 5.91 Å². The normalized spacial score (nSPS) is 10.7. The summed E-state index contributed by atoms with van der Waals surface area (Å²) in [5.74, 6) is -1.11. The number of ether oxygens (including phenoxy) is 2. The Bertz CT molecular complexity index is 1480. The maximum atomic E-state index is 14.2. The molecule has 0 radical (unpaired) electrons. The van der Waals surface area contributed by atoms with Gasteiger partial charge in [0, 0.05) is 11.8 Å². The van der Waals surface area contributed by atoms with Gasteiger partial charge in [-0.1, -0.05) is 29.4 Å². The van der Waals surface area contributed by atoms with Crippen LogP contribution in [-0.4, -0.2) is 46.6 Å². The highest BCUT2D eigenvalue weighted by atomic mass is 35.5. The standard InChI is InChI=1S/C26H22ClF2N5O4S/c1-37-17-10-11-21(38-2)20(12-17)34-22(13-30-25(36)24-18(27)4-3-5-19(24)29)32-33-26(34)39-14-23(35)31-16-8-6-15(28)7-9-16/h3-12H,13-14H2,1-2H3,(H,30,36)(H,31,35). The van der Waals surface area contributed by atoms with Crippen molar-refractivity contribution in [2.45, 2.75) is 11.7 Å². The summed E-state index contributed by atoms with van der Waals surface area (Å²) in [7, 11) is 2.99. The van der Waals surface area contributed by atoms with Gasteiger partial charge in [-0.2, -0.15) is 0 Å². The first-order valence-corrected chi connectivity index (χ1v) is 12.7. The van der Waals surface area contributed by atoms with E-state index in [2.05, 4.69) is 20.8 Å². The molecule has 0 aliphatic carbocycles. The Hall–Kier alpha value is -4.16. The van der Waals surface area contributed by atoms with Crippen molar-refractivity contribution in [3.05, 3.63) is 88.7 Å². The molecule has 0 saturated carbocycles. The van der Waals surface area contributed by atoms with E-state index in [1.54, 1.807) is 22.8 Å². The first-order chi connectivity index (χ1) is 18.8. The van der Waals surface area contributed by atoms with E-state index in [4.69, 9.17) is 21.1 Å². The highest BCUT2D eigenvalue weighted by Gasteiger charge is 2.22. The number of nitrogens with one attached hydrogen (secondary N) is 2. The summed E-state index contributed by atoms with van der Waals surface area (Å²) in [4.78, 5) is 25.3. The predicted molar refractivity (Wildman–Crippen MR) is 143 cm³/mol. The van der Waals surface area contributed by atoms with Crippen LogP contribution in [0.3, 0.4) is 0 Å². The number of anilines is 1. The van der Waals surface area contributed by atoms with E-state index < -0.39 is 17.5 Å². The number of halogens is 3. The van der Waals surface area contributed by atoms with Crippen LogP contribution < -0.4 is 20.1 Å². The maximum absolute atomic E-state index is 14.2. The second kappa shape index (κ2) is 12.6. The number of aromatic nitrogens is 3. The summed E-state index contributed by atoms with van der Waals surface area (Å²) in [6.45, 7) is -0.154. The van der Waals surface area contributed by atoms with Crippen LogP contribution in [0.1, 0.15) is 16.2 Å². The number of rotatable bonds is 10. The molecule has 0 aliphatic heterocycles. The molecule has 0 bridgehead atoms. The molecule has 0 fully saturated rings. The van der Waals surface area contributed by atoms with Crippen LogP contribution in [0.4, 0.5) is 14.5 Å². The molecule has 4 aromatic rings. The minimum absolute atomic E-state index is 0.0353. The minimum atomic E-state index is -0.764. The van der Waals surface area contributed by atoms with Gasteiger partial charge in [-0.3, -0.25) is 14.2 Å². The molecule has 0 unspecified atom stereocenters. The van der Waals surface area contributed by atoms with Gasteiger partial charge >= 0.3 is 0 Å². The van der Waals surface area contributed by atoms with Gasteiger partial charge in [-0.25, -0.2) is 8.78 Å². The molecule has 39 heavy (non-hydrogen) atoms. The molecule has 3 aromatic carbocycles. The summed E-state index contributed by atoms with van der Waals surface area (Å²) in [6, 6.07) is 14.4. The molecular formula is C26H22ClF2N5O4S. The number of amides is 2. The Morgan fingerprint density at radius 1 is 1.03 bits per heavy atom. The molecule has 0 atom stereocenters. The van der Waals surface area contributed by atoms with Crippen molar-refractivity contribution < 1.29 is 27.8 Å². The topological polar surface area (TPSA) is 107 Å². The fourth-order valence-electron chi connectivity index (χ4n) is 3.54. The molecule has 13 heteroatoms. The number of nitrogens with zero attached hydrogens (tertiary/aromatic N) is 3. The zero-order valence-corrected chi connectivity index (χ0v) is 22.3. The molecule has 1 aromatic heterocycles. The van der Waals surface area contributed by atoms with Gasteiger partial charge in [-0.05, 0) is 48.5 Å². The average Bonchev–Trinajstić information content (AvgIpc) is 3.34. The zero-order chi connectivity index (χ0) is 27.9. The van der Waals surface area contributed by atoms with E-state index in [9.17, 15) is 18.4 Å². The SMILES string of the molecule is COc1ccc(OC)c(-n2c(CNC(=O)c3c(F)cccc3Cl)nnc2SCC(=O)Nc2ccc(F)cc2)c1. The summed E-state index contributed by atoms with van der Waals surface area (Å²) in [6.07, 6.45) is 0. The third-order valence-corrected chi connectivity index (χ3v) is 6.63. The highest BCUT2D eigenvalue weighted by Crippen LogP contribution is 2.32. The van der Waals surface area contributed by atoms with E-state index in [-0.39, 0.29) is 34.6 Å². The molecule has 4 rings (SSSR count). The molecule has 202 valence electrons. The number of hydrogen-bond donors (Lipinski definition) is 2. The number of carbonyl (C=O) groups is 2. The molecule has 0 saturated heterocycles. The van der Waals surface area contributed by atoms with Crippen molar-refractivity contribution in [3.8, 4) is 17.2 Å². The van der Waals surface area contributed by atoms with Gasteiger partial charge < -0.3 is 20.1 Å². The molecule has 0 spiro atoms. The lowest BCUT2D eigenvalue weighted by Gasteiger charge is -2.15. The quantitative estimate of drug-likeness (QED) is 0.260.